The van der Waals surface area contributed by atoms with Gasteiger partial charge in [0.05, 0.1) is 4.90 Å². The second kappa shape index (κ2) is 6.29. The molecule has 0 aliphatic carbocycles. The van der Waals surface area contributed by atoms with Gasteiger partial charge in [-0.2, -0.15) is 0 Å². The van der Waals surface area contributed by atoms with Crippen LogP contribution in [0.4, 0.5) is 5.69 Å². The molecule has 1 aromatic heterocycles. The minimum absolute atomic E-state index is 0.155. The highest BCUT2D eigenvalue weighted by Crippen LogP contribution is 2.31. The summed E-state index contributed by atoms with van der Waals surface area (Å²) in [7, 11) is -3.63. The second-order valence-corrected chi connectivity index (χ2v) is 7.59. The first-order chi connectivity index (χ1) is 10.9. The van der Waals surface area contributed by atoms with E-state index >= 15 is 0 Å². The van der Waals surface area contributed by atoms with E-state index in [4.69, 9.17) is 5.14 Å². The molecular formula is C17H21N3O2S. The van der Waals surface area contributed by atoms with Crippen LogP contribution in [0.5, 0.6) is 0 Å². The van der Waals surface area contributed by atoms with Crippen LogP contribution in [0.2, 0.25) is 0 Å². The standard InChI is InChI=1S/C17H21N3O2S/c1-13-6-9-19-12-17(13)14-7-10-20(11-8-14)15-2-4-16(5-3-15)23(18,21)22/h2-6,9,12,14H,7-8,10-11H2,1H3,(H2,18,21,22). The molecule has 0 amide bonds. The number of nitrogens with zero attached hydrogens (tertiary/aromatic N) is 2. The van der Waals surface area contributed by atoms with Gasteiger partial charge in [0, 0.05) is 31.2 Å². The molecule has 2 heterocycles. The molecule has 2 N–H and O–H groups in total. The Kier molecular flexibility index (Phi) is 4.37. The van der Waals surface area contributed by atoms with Crippen molar-refractivity contribution in [1.82, 2.24) is 4.98 Å². The number of pyridine rings is 1. The number of benzene rings is 1. The largest absolute Gasteiger partial charge is 0.371 e. The lowest BCUT2D eigenvalue weighted by Crippen LogP contribution is -2.33. The van der Waals surface area contributed by atoms with Crippen LogP contribution in [-0.4, -0.2) is 26.5 Å². The van der Waals surface area contributed by atoms with Crippen molar-refractivity contribution in [1.29, 1.82) is 0 Å². The maximum absolute atomic E-state index is 11.3. The van der Waals surface area contributed by atoms with Crippen LogP contribution < -0.4 is 10.0 Å². The van der Waals surface area contributed by atoms with E-state index in [2.05, 4.69) is 22.9 Å². The van der Waals surface area contributed by atoms with Crippen molar-refractivity contribution in [2.24, 2.45) is 5.14 Å². The summed E-state index contributed by atoms with van der Waals surface area (Å²) < 4.78 is 22.6. The Morgan fingerprint density at radius 3 is 2.35 bits per heavy atom. The molecule has 2 aromatic rings. The minimum Gasteiger partial charge on any atom is -0.371 e. The van der Waals surface area contributed by atoms with Crippen LogP contribution in [0.3, 0.4) is 0 Å². The van der Waals surface area contributed by atoms with Crippen LogP contribution in [0.15, 0.2) is 47.6 Å². The zero-order chi connectivity index (χ0) is 16.4. The molecule has 0 bridgehead atoms. The van der Waals surface area contributed by atoms with Crippen LogP contribution in [0.25, 0.3) is 0 Å². The third kappa shape index (κ3) is 3.54. The highest BCUT2D eigenvalue weighted by atomic mass is 32.2. The Labute approximate surface area is 137 Å². The molecule has 1 fully saturated rings. The van der Waals surface area contributed by atoms with E-state index in [0.29, 0.717) is 5.92 Å². The molecule has 0 atom stereocenters. The second-order valence-electron chi connectivity index (χ2n) is 6.03. The van der Waals surface area contributed by atoms with Crippen LogP contribution in [-0.2, 0) is 10.0 Å². The van der Waals surface area contributed by atoms with Gasteiger partial charge in [-0.15, -0.1) is 0 Å². The van der Waals surface area contributed by atoms with Crippen molar-refractivity contribution in [2.75, 3.05) is 18.0 Å². The molecule has 0 radical (unpaired) electrons. The number of piperidine rings is 1. The van der Waals surface area contributed by atoms with Gasteiger partial charge in [0.2, 0.25) is 10.0 Å². The molecule has 1 aliphatic heterocycles. The third-order valence-corrected chi connectivity index (χ3v) is 5.47. The van der Waals surface area contributed by atoms with Crippen molar-refractivity contribution in [3.8, 4) is 0 Å². The Morgan fingerprint density at radius 2 is 1.78 bits per heavy atom. The Hall–Kier alpha value is -1.92. The molecule has 1 saturated heterocycles. The first-order valence-electron chi connectivity index (χ1n) is 7.73. The summed E-state index contributed by atoms with van der Waals surface area (Å²) in [6.07, 6.45) is 5.96. The Balaban J connectivity index is 1.68. The quantitative estimate of drug-likeness (QED) is 0.937. The van der Waals surface area contributed by atoms with E-state index in [0.717, 1.165) is 31.6 Å². The fourth-order valence-corrected chi connectivity index (χ4v) is 3.71. The van der Waals surface area contributed by atoms with Gasteiger partial charge in [-0.1, -0.05) is 0 Å². The molecule has 0 saturated carbocycles. The Bertz CT molecular complexity index is 780. The smallest absolute Gasteiger partial charge is 0.238 e. The maximum Gasteiger partial charge on any atom is 0.238 e. The molecule has 0 spiro atoms. The zero-order valence-electron chi connectivity index (χ0n) is 13.1. The fourth-order valence-electron chi connectivity index (χ4n) is 3.20. The summed E-state index contributed by atoms with van der Waals surface area (Å²) in [4.78, 5) is 6.69. The average molecular weight is 331 g/mol. The number of anilines is 1. The number of aryl methyl sites for hydroxylation is 1. The molecule has 3 rings (SSSR count). The Morgan fingerprint density at radius 1 is 1.13 bits per heavy atom. The van der Waals surface area contributed by atoms with Crippen molar-refractivity contribution in [3.63, 3.8) is 0 Å². The number of aromatic nitrogens is 1. The predicted molar refractivity (Wildman–Crippen MR) is 91.0 cm³/mol. The van der Waals surface area contributed by atoms with Crippen molar-refractivity contribution >= 4 is 15.7 Å². The van der Waals surface area contributed by atoms with E-state index in [1.807, 2.05) is 24.5 Å². The highest BCUT2D eigenvalue weighted by molar-refractivity contribution is 7.89. The zero-order valence-corrected chi connectivity index (χ0v) is 14.0. The maximum atomic E-state index is 11.3. The monoisotopic (exact) mass is 331 g/mol. The minimum atomic E-state index is -3.63. The van der Waals surface area contributed by atoms with Gasteiger partial charge in [0.15, 0.2) is 0 Å². The number of rotatable bonds is 3. The summed E-state index contributed by atoms with van der Waals surface area (Å²) in [5, 5.41) is 5.13. The number of hydrogen-bond acceptors (Lipinski definition) is 4. The van der Waals surface area contributed by atoms with Gasteiger partial charge in [-0.3, -0.25) is 4.98 Å². The lowest BCUT2D eigenvalue weighted by Gasteiger charge is -2.34. The molecule has 5 nitrogen and oxygen atoms in total. The summed E-state index contributed by atoms with van der Waals surface area (Å²) in [6.45, 7) is 4.04. The summed E-state index contributed by atoms with van der Waals surface area (Å²) >= 11 is 0. The average Bonchev–Trinajstić information content (AvgIpc) is 2.55. The summed E-state index contributed by atoms with van der Waals surface area (Å²) in [5.41, 5.74) is 3.69. The van der Waals surface area contributed by atoms with E-state index in [-0.39, 0.29) is 4.90 Å². The van der Waals surface area contributed by atoms with E-state index in [9.17, 15) is 8.42 Å². The van der Waals surface area contributed by atoms with Gasteiger partial charge in [-0.05, 0) is 67.1 Å². The van der Waals surface area contributed by atoms with Crippen LogP contribution in [0, 0.1) is 6.92 Å². The number of hydrogen-bond donors (Lipinski definition) is 1. The van der Waals surface area contributed by atoms with Crippen LogP contribution in [0.1, 0.15) is 29.9 Å². The number of nitrogens with two attached hydrogens (primary N) is 1. The SMILES string of the molecule is Cc1ccncc1C1CCN(c2ccc(S(N)(=O)=O)cc2)CC1. The molecular weight excluding hydrogens is 310 g/mol. The lowest BCUT2D eigenvalue weighted by atomic mass is 9.88. The van der Waals surface area contributed by atoms with Crippen molar-refractivity contribution < 1.29 is 8.42 Å². The van der Waals surface area contributed by atoms with Gasteiger partial charge < -0.3 is 4.90 Å². The highest BCUT2D eigenvalue weighted by Gasteiger charge is 2.22. The predicted octanol–water partition coefficient (Wildman–Crippen LogP) is 2.42. The van der Waals surface area contributed by atoms with Gasteiger partial charge in [-0.25, -0.2) is 13.6 Å². The molecule has 6 heteroatoms. The van der Waals surface area contributed by atoms with E-state index in [1.54, 1.807) is 12.1 Å². The lowest BCUT2D eigenvalue weighted by molar-refractivity contribution is 0.502. The van der Waals surface area contributed by atoms with Crippen LogP contribution >= 0.6 is 0 Å². The van der Waals surface area contributed by atoms with E-state index in [1.165, 1.54) is 11.1 Å². The summed E-state index contributed by atoms with van der Waals surface area (Å²) in [6, 6.07) is 8.86. The normalized spacial score (nSPS) is 16.5. The molecule has 0 unspecified atom stereocenters. The topological polar surface area (TPSA) is 76.3 Å². The summed E-state index contributed by atoms with van der Waals surface area (Å²) in [5.74, 6) is 0.545. The number of sulfonamides is 1. The molecule has 1 aliphatic rings. The molecule has 122 valence electrons. The van der Waals surface area contributed by atoms with Gasteiger partial charge in [0.25, 0.3) is 0 Å². The number of primary sulfonamides is 1. The van der Waals surface area contributed by atoms with Crippen molar-refractivity contribution in [3.05, 3.63) is 53.9 Å². The first kappa shape index (κ1) is 16.0. The van der Waals surface area contributed by atoms with Gasteiger partial charge in [0.1, 0.15) is 0 Å². The molecule has 1 aromatic carbocycles. The third-order valence-electron chi connectivity index (χ3n) is 4.54. The molecule has 23 heavy (non-hydrogen) atoms. The fraction of sp³-hybridized carbons (Fsp3) is 0.353. The van der Waals surface area contributed by atoms with E-state index < -0.39 is 10.0 Å². The van der Waals surface area contributed by atoms with Gasteiger partial charge >= 0.3 is 0 Å². The van der Waals surface area contributed by atoms with Crippen molar-refractivity contribution in [2.45, 2.75) is 30.6 Å². The first-order valence-corrected chi connectivity index (χ1v) is 9.28.